The van der Waals surface area contributed by atoms with Crippen molar-refractivity contribution in [1.82, 2.24) is 0 Å². The maximum absolute atomic E-state index is 11.1. The fourth-order valence-electron chi connectivity index (χ4n) is 1.63. The van der Waals surface area contributed by atoms with E-state index in [-0.39, 0.29) is 29.0 Å². The van der Waals surface area contributed by atoms with Crippen LogP contribution >= 0.6 is 0 Å². The number of carboxylic acids is 1. The monoisotopic (exact) mass is 256 g/mol. The molecule has 0 saturated heterocycles. The molecule has 4 N–H and O–H groups in total. The van der Waals surface area contributed by atoms with E-state index in [4.69, 9.17) is 9.84 Å². The summed E-state index contributed by atoms with van der Waals surface area (Å²) in [5, 5.41) is 37.5. The minimum atomic E-state index is -1.19. The summed E-state index contributed by atoms with van der Waals surface area (Å²) in [6.45, 7) is 1.39. The van der Waals surface area contributed by atoms with Crippen molar-refractivity contribution < 1.29 is 30.0 Å². The minimum absolute atomic E-state index is 0.00500. The molecule has 100 valence electrons. The summed E-state index contributed by atoms with van der Waals surface area (Å²) < 4.78 is 4.94. The quantitative estimate of drug-likeness (QED) is 0.607. The molecule has 1 aromatic rings. The van der Waals surface area contributed by atoms with Gasteiger partial charge in [-0.15, -0.1) is 0 Å². The predicted molar refractivity (Wildman–Crippen MR) is 63.0 cm³/mol. The van der Waals surface area contributed by atoms with Gasteiger partial charge in [-0.25, -0.2) is 4.79 Å². The highest BCUT2D eigenvalue weighted by atomic mass is 16.5. The lowest BCUT2D eigenvalue weighted by atomic mass is 9.98. The molecular weight excluding hydrogens is 240 g/mol. The third-order valence-electron chi connectivity index (χ3n) is 2.64. The van der Waals surface area contributed by atoms with E-state index in [2.05, 4.69) is 0 Å². The third-order valence-corrected chi connectivity index (χ3v) is 2.64. The maximum Gasteiger partial charge on any atom is 0.336 e. The molecule has 0 fully saturated rings. The number of benzene rings is 1. The molecule has 0 aliphatic heterocycles. The first kappa shape index (κ1) is 14.3. The van der Waals surface area contributed by atoms with Crippen molar-refractivity contribution in [2.45, 2.75) is 25.6 Å². The topological polar surface area (TPSA) is 107 Å². The number of phenols is 1. The number of aromatic carboxylic acids is 1. The van der Waals surface area contributed by atoms with Gasteiger partial charge >= 0.3 is 5.97 Å². The van der Waals surface area contributed by atoms with Crippen molar-refractivity contribution in [2.75, 3.05) is 7.11 Å². The first-order valence-corrected chi connectivity index (χ1v) is 5.36. The largest absolute Gasteiger partial charge is 0.504 e. The van der Waals surface area contributed by atoms with E-state index in [0.29, 0.717) is 0 Å². The molecule has 1 rings (SSSR count). The van der Waals surface area contributed by atoms with Crippen molar-refractivity contribution in [1.29, 1.82) is 0 Å². The van der Waals surface area contributed by atoms with Crippen LogP contribution in [0.25, 0.3) is 0 Å². The molecule has 18 heavy (non-hydrogen) atoms. The second kappa shape index (κ2) is 5.70. The van der Waals surface area contributed by atoms with Crippen molar-refractivity contribution >= 4 is 5.97 Å². The highest BCUT2D eigenvalue weighted by Crippen LogP contribution is 2.33. The van der Waals surface area contributed by atoms with E-state index >= 15 is 0 Å². The van der Waals surface area contributed by atoms with Crippen LogP contribution in [0.5, 0.6) is 11.5 Å². The Balaban J connectivity index is 3.27. The Morgan fingerprint density at radius 3 is 2.44 bits per heavy atom. The molecule has 0 bridgehead atoms. The van der Waals surface area contributed by atoms with Gasteiger partial charge in [-0.2, -0.15) is 0 Å². The van der Waals surface area contributed by atoms with Gasteiger partial charge in [0, 0.05) is 12.0 Å². The van der Waals surface area contributed by atoms with Crippen molar-refractivity contribution in [2.24, 2.45) is 0 Å². The standard InChI is InChI=1S/C12H16O6/c1-6(13)10(15)5-8-7(12(16)17)3-4-9(14)11(8)18-2/h3-4,6,10,13-15H,5H2,1-2H3,(H,16,17). The zero-order valence-corrected chi connectivity index (χ0v) is 10.1. The normalized spacial score (nSPS) is 14.0. The molecule has 0 amide bonds. The van der Waals surface area contributed by atoms with Crippen molar-refractivity contribution in [3.63, 3.8) is 0 Å². The van der Waals surface area contributed by atoms with Crippen LogP contribution in [0.3, 0.4) is 0 Å². The number of hydrogen-bond acceptors (Lipinski definition) is 5. The highest BCUT2D eigenvalue weighted by molar-refractivity contribution is 5.90. The number of aliphatic hydroxyl groups excluding tert-OH is 2. The van der Waals surface area contributed by atoms with Crippen LogP contribution in [-0.4, -0.2) is 45.7 Å². The molecule has 0 aliphatic rings. The Bertz CT molecular complexity index is 440. The second-order valence-electron chi connectivity index (χ2n) is 3.96. The van der Waals surface area contributed by atoms with Gasteiger partial charge in [-0.1, -0.05) is 0 Å². The van der Waals surface area contributed by atoms with Gasteiger partial charge in [0.25, 0.3) is 0 Å². The molecule has 1 aromatic carbocycles. The maximum atomic E-state index is 11.1. The van der Waals surface area contributed by atoms with Gasteiger partial charge in [-0.3, -0.25) is 0 Å². The number of aromatic hydroxyl groups is 1. The van der Waals surface area contributed by atoms with Gasteiger partial charge in [0.15, 0.2) is 11.5 Å². The lowest BCUT2D eigenvalue weighted by Gasteiger charge is -2.18. The first-order chi connectivity index (χ1) is 8.38. The summed E-state index contributed by atoms with van der Waals surface area (Å²) in [5.74, 6) is -1.41. The van der Waals surface area contributed by atoms with Crippen LogP contribution in [0, 0.1) is 0 Å². The Morgan fingerprint density at radius 2 is 2.00 bits per heavy atom. The van der Waals surface area contributed by atoms with E-state index < -0.39 is 18.2 Å². The number of aliphatic hydroxyl groups is 2. The number of rotatable bonds is 5. The summed E-state index contributed by atoms with van der Waals surface area (Å²) in [5.41, 5.74) is 0.0720. The lowest BCUT2D eigenvalue weighted by Crippen LogP contribution is -2.26. The van der Waals surface area contributed by atoms with E-state index in [1.807, 2.05) is 0 Å². The molecule has 6 nitrogen and oxygen atoms in total. The Morgan fingerprint density at radius 1 is 1.39 bits per heavy atom. The molecule has 0 heterocycles. The SMILES string of the molecule is COc1c(O)ccc(C(=O)O)c1CC(O)C(C)O. The average molecular weight is 256 g/mol. The van der Waals surface area contributed by atoms with Crippen LogP contribution in [0.15, 0.2) is 12.1 Å². The smallest absolute Gasteiger partial charge is 0.336 e. The zero-order valence-electron chi connectivity index (χ0n) is 10.1. The molecule has 0 aliphatic carbocycles. The second-order valence-corrected chi connectivity index (χ2v) is 3.96. The number of methoxy groups -OCH3 is 1. The predicted octanol–water partition coefficient (Wildman–Crippen LogP) is 0.383. The van der Waals surface area contributed by atoms with Crippen LogP contribution in [-0.2, 0) is 6.42 Å². The molecule has 0 spiro atoms. The lowest BCUT2D eigenvalue weighted by molar-refractivity contribution is 0.0313. The summed E-state index contributed by atoms with van der Waals surface area (Å²) >= 11 is 0. The summed E-state index contributed by atoms with van der Waals surface area (Å²) in [4.78, 5) is 11.1. The number of phenolic OH excluding ortho intramolecular Hbond substituents is 1. The van der Waals surface area contributed by atoms with E-state index in [0.717, 1.165) is 0 Å². The number of carbonyl (C=O) groups is 1. The van der Waals surface area contributed by atoms with E-state index in [9.17, 15) is 20.1 Å². The van der Waals surface area contributed by atoms with Crippen LogP contribution in [0.2, 0.25) is 0 Å². The average Bonchev–Trinajstić information content (AvgIpc) is 2.28. The molecule has 0 radical (unpaired) electrons. The molecule has 2 unspecified atom stereocenters. The van der Waals surface area contributed by atoms with Crippen LogP contribution < -0.4 is 4.74 Å². The number of carboxylic acid groups (broad SMARTS) is 1. The van der Waals surface area contributed by atoms with E-state index in [1.165, 1.54) is 26.2 Å². The van der Waals surface area contributed by atoms with Crippen LogP contribution in [0.1, 0.15) is 22.8 Å². The molecule has 0 saturated carbocycles. The van der Waals surface area contributed by atoms with Crippen LogP contribution in [0.4, 0.5) is 0 Å². The van der Waals surface area contributed by atoms with Gasteiger partial charge < -0.3 is 25.2 Å². The Labute approximate surface area is 104 Å². The highest BCUT2D eigenvalue weighted by Gasteiger charge is 2.22. The number of ether oxygens (including phenoxy) is 1. The first-order valence-electron chi connectivity index (χ1n) is 5.36. The summed E-state index contributed by atoms with van der Waals surface area (Å²) in [6, 6.07) is 2.44. The zero-order chi connectivity index (χ0) is 13.9. The third kappa shape index (κ3) is 2.91. The van der Waals surface area contributed by atoms with Gasteiger partial charge in [-0.05, 0) is 19.1 Å². The summed E-state index contributed by atoms with van der Waals surface area (Å²) in [7, 11) is 1.29. The molecule has 6 heteroatoms. The molecule has 0 aromatic heterocycles. The Hall–Kier alpha value is -1.79. The summed E-state index contributed by atoms with van der Waals surface area (Å²) in [6.07, 6.45) is -2.28. The fraction of sp³-hybridized carbons (Fsp3) is 0.417. The van der Waals surface area contributed by atoms with E-state index in [1.54, 1.807) is 0 Å². The van der Waals surface area contributed by atoms with Gasteiger partial charge in [0.1, 0.15) is 0 Å². The van der Waals surface area contributed by atoms with Gasteiger partial charge in [0.05, 0.1) is 24.9 Å². The van der Waals surface area contributed by atoms with Gasteiger partial charge in [0.2, 0.25) is 0 Å². The Kier molecular flexibility index (Phi) is 4.52. The molecular formula is C12H16O6. The van der Waals surface area contributed by atoms with Crippen molar-refractivity contribution in [3.05, 3.63) is 23.3 Å². The van der Waals surface area contributed by atoms with Crippen molar-refractivity contribution in [3.8, 4) is 11.5 Å². The fourth-order valence-corrected chi connectivity index (χ4v) is 1.63. The molecule has 2 atom stereocenters. The number of hydrogen-bond donors (Lipinski definition) is 4. The minimum Gasteiger partial charge on any atom is -0.504 e.